The molecule has 0 saturated heterocycles. The van der Waals surface area contributed by atoms with Gasteiger partial charge in [0, 0.05) is 24.5 Å². The van der Waals surface area contributed by atoms with Crippen molar-refractivity contribution >= 4 is 5.95 Å². The standard InChI is InChI=1S/C11H16N4/c12-11(3-4-11)7-15-10-13-5-9(6-14-10)8-1-2-8/h5-6,8H,1-4,7,12H2,(H,13,14,15). The molecule has 0 aromatic carbocycles. The summed E-state index contributed by atoms with van der Waals surface area (Å²) in [4.78, 5) is 8.59. The fourth-order valence-electron chi connectivity index (χ4n) is 1.65. The zero-order valence-corrected chi connectivity index (χ0v) is 8.74. The Morgan fingerprint density at radius 1 is 1.33 bits per heavy atom. The molecule has 0 atom stereocenters. The van der Waals surface area contributed by atoms with E-state index in [0.29, 0.717) is 5.95 Å². The van der Waals surface area contributed by atoms with Gasteiger partial charge in [0.05, 0.1) is 0 Å². The molecule has 2 fully saturated rings. The summed E-state index contributed by atoms with van der Waals surface area (Å²) >= 11 is 0. The van der Waals surface area contributed by atoms with E-state index in [9.17, 15) is 0 Å². The third-order valence-corrected chi connectivity index (χ3v) is 3.21. The summed E-state index contributed by atoms with van der Waals surface area (Å²) < 4.78 is 0. The summed E-state index contributed by atoms with van der Waals surface area (Å²) in [6, 6.07) is 0. The molecule has 1 aromatic heterocycles. The van der Waals surface area contributed by atoms with Crippen molar-refractivity contribution in [3.63, 3.8) is 0 Å². The average molecular weight is 204 g/mol. The highest BCUT2D eigenvalue weighted by Gasteiger charge is 2.37. The summed E-state index contributed by atoms with van der Waals surface area (Å²) in [5.74, 6) is 1.43. The van der Waals surface area contributed by atoms with Gasteiger partial charge in [0.15, 0.2) is 0 Å². The van der Waals surface area contributed by atoms with Gasteiger partial charge in [-0.2, -0.15) is 0 Å². The van der Waals surface area contributed by atoms with Crippen molar-refractivity contribution < 1.29 is 0 Å². The Kier molecular flexibility index (Phi) is 1.92. The molecule has 3 N–H and O–H groups in total. The molecule has 2 aliphatic carbocycles. The van der Waals surface area contributed by atoms with Crippen LogP contribution in [0.5, 0.6) is 0 Å². The lowest BCUT2D eigenvalue weighted by atomic mass is 10.2. The number of aromatic nitrogens is 2. The summed E-state index contributed by atoms with van der Waals surface area (Å²) in [6.07, 6.45) is 8.68. The van der Waals surface area contributed by atoms with Gasteiger partial charge in [0.2, 0.25) is 5.95 Å². The molecule has 0 aliphatic heterocycles. The predicted octanol–water partition coefficient (Wildman–Crippen LogP) is 1.26. The van der Waals surface area contributed by atoms with Gasteiger partial charge < -0.3 is 11.1 Å². The normalized spacial score (nSPS) is 22.5. The minimum atomic E-state index is 0.0124. The quantitative estimate of drug-likeness (QED) is 0.775. The van der Waals surface area contributed by atoms with Crippen LogP contribution in [0.4, 0.5) is 5.95 Å². The van der Waals surface area contributed by atoms with Gasteiger partial charge in [-0.1, -0.05) is 0 Å². The monoisotopic (exact) mass is 204 g/mol. The number of anilines is 1. The number of hydrogen-bond acceptors (Lipinski definition) is 4. The van der Waals surface area contributed by atoms with Crippen LogP contribution in [0, 0.1) is 0 Å². The number of rotatable bonds is 4. The zero-order valence-electron chi connectivity index (χ0n) is 8.74. The van der Waals surface area contributed by atoms with Crippen LogP contribution in [-0.4, -0.2) is 22.1 Å². The summed E-state index contributed by atoms with van der Waals surface area (Å²) in [7, 11) is 0. The molecule has 0 spiro atoms. The van der Waals surface area contributed by atoms with Gasteiger partial charge in [-0.25, -0.2) is 9.97 Å². The maximum atomic E-state index is 5.96. The van der Waals surface area contributed by atoms with Crippen LogP contribution in [0.25, 0.3) is 0 Å². The summed E-state index contributed by atoms with van der Waals surface area (Å²) in [5, 5.41) is 3.19. The maximum Gasteiger partial charge on any atom is 0.222 e. The zero-order chi connectivity index (χ0) is 10.3. The molecule has 0 radical (unpaired) electrons. The van der Waals surface area contributed by atoms with Gasteiger partial charge in [0.25, 0.3) is 0 Å². The fraction of sp³-hybridized carbons (Fsp3) is 0.636. The minimum Gasteiger partial charge on any atom is -0.352 e. The molecule has 2 saturated carbocycles. The van der Waals surface area contributed by atoms with E-state index in [4.69, 9.17) is 5.73 Å². The van der Waals surface area contributed by atoms with Gasteiger partial charge in [-0.05, 0) is 37.2 Å². The molecular weight excluding hydrogens is 188 g/mol. The molecule has 4 nitrogen and oxygen atoms in total. The smallest absolute Gasteiger partial charge is 0.222 e. The van der Waals surface area contributed by atoms with Gasteiger partial charge in [0.1, 0.15) is 0 Å². The summed E-state index contributed by atoms with van der Waals surface area (Å²) in [5.41, 5.74) is 7.25. The predicted molar refractivity (Wildman–Crippen MR) is 58.6 cm³/mol. The van der Waals surface area contributed by atoms with E-state index in [1.807, 2.05) is 12.4 Å². The van der Waals surface area contributed by atoms with Crippen molar-refractivity contribution in [2.45, 2.75) is 37.1 Å². The van der Waals surface area contributed by atoms with Crippen LogP contribution in [0.2, 0.25) is 0 Å². The topological polar surface area (TPSA) is 63.8 Å². The van der Waals surface area contributed by atoms with E-state index in [0.717, 1.165) is 25.3 Å². The van der Waals surface area contributed by atoms with Crippen molar-refractivity contribution in [3.05, 3.63) is 18.0 Å². The van der Waals surface area contributed by atoms with E-state index in [1.165, 1.54) is 18.4 Å². The molecular formula is C11H16N4. The molecule has 1 heterocycles. The van der Waals surface area contributed by atoms with Gasteiger partial charge in [-0.15, -0.1) is 0 Å². The van der Waals surface area contributed by atoms with Crippen molar-refractivity contribution in [2.24, 2.45) is 5.73 Å². The largest absolute Gasteiger partial charge is 0.352 e. The third kappa shape index (κ3) is 2.09. The first kappa shape index (κ1) is 9.09. The van der Waals surface area contributed by atoms with Crippen LogP contribution in [0.1, 0.15) is 37.2 Å². The highest BCUT2D eigenvalue weighted by molar-refractivity contribution is 5.29. The molecule has 4 heteroatoms. The lowest BCUT2D eigenvalue weighted by molar-refractivity contribution is 0.708. The number of nitrogens with one attached hydrogen (secondary N) is 1. The molecule has 15 heavy (non-hydrogen) atoms. The van der Waals surface area contributed by atoms with Crippen LogP contribution in [-0.2, 0) is 0 Å². The Bertz CT molecular complexity index is 351. The Balaban J connectivity index is 1.60. The van der Waals surface area contributed by atoms with E-state index < -0.39 is 0 Å². The van der Waals surface area contributed by atoms with Crippen molar-refractivity contribution in [3.8, 4) is 0 Å². The van der Waals surface area contributed by atoms with Crippen LogP contribution in [0.15, 0.2) is 12.4 Å². The van der Waals surface area contributed by atoms with E-state index in [-0.39, 0.29) is 5.54 Å². The molecule has 2 aliphatic rings. The van der Waals surface area contributed by atoms with Crippen LogP contribution < -0.4 is 11.1 Å². The first-order valence-electron chi connectivity index (χ1n) is 5.60. The van der Waals surface area contributed by atoms with E-state index in [1.54, 1.807) is 0 Å². The average Bonchev–Trinajstić information content (AvgIpc) is 3.12. The first-order valence-corrected chi connectivity index (χ1v) is 5.60. The number of hydrogen-bond donors (Lipinski definition) is 2. The molecule has 1 aromatic rings. The van der Waals surface area contributed by atoms with Crippen molar-refractivity contribution in [1.29, 1.82) is 0 Å². The Hall–Kier alpha value is -1.16. The maximum absolute atomic E-state index is 5.96. The van der Waals surface area contributed by atoms with Gasteiger partial charge >= 0.3 is 0 Å². The lowest BCUT2D eigenvalue weighted by Crippen LogP contribution is -2.31. The Morgan fingerprint density at radius 2 is 2.00 bits per heavy atom. The first-order chi connectivity index (χ1) is 7.25. The van der Waals surface area contributed by atoms with Crippen LogP contribution >= 0.6 is 0 Å². The van der Waals surface area contributed by atoms with Crippen molar-refractivity contribution in [2.75, 3.05) is 11.9 Å². The Labute approximate surface area is 89.3 Å². The highest BCUT2D eigenvalue weighted by Crippen LogP contribution is 2.39. The van der Waals surface area contributed by atoms with Gasteiger partial charge in [-0.3, -0.25) is 0 Å². The molecule has 0 bridgehead atoms. The minimum absolute atomic E-state index is 0.0124. The highest BCUT2D eigenvalue weighted by atomic mass is 15.1. The second kappa shape index (κ2) is 3.17. The van der Waals surface area contributed by atoms with Crippen LogP contribution in [0.3, 0.4) is 0 Å². The van der Waals surface area contributed by atoms with Crippen molar-refractivity contribution in [1.82, 2.24) is 9.97 Å². The summed E-state index contributed by atoms with van der Waals surface area (Å²) in [6.45, 7) is 0.787. The molecule has 3 rings (SSSR count). The molecule has 80 valence electrons. The lowest BCUT2D eigenvalue weighted by Gasteiger charge is -2.09. The second-order valence-corrected chi connectivity index (χ2v) is 4.83. The third-order valence-electron chi connectivity index (χ3n) is 3.21. The SMILES string of the molecule is NC1(CNc2ncc(C3CC3)cn2)CC1. The Morgan fingerprint density at radius 3 is 2.53 bits per heavy atom. The molecule has 0 unspecified atom stereocenters. The fourth-order valence-corrected chi connectivity index (χ4v) is 1.65. The number of nitrogens with two attached hydrogens (primary N) is 1. The van der Waals surface area contributed by atoms with E-state index in [2.05, 4.69) is 15.3 Å². The molecule has 0 amide bonds. The van der Waals surface area contributed by atoms with E-state index >= 15 is 0 Å². The number of nitrogens with zero attached hydrogens (tertiary/aromatic N) is 2. The second-order valence-electron chi connectivity index (χ2n) is 4.83.